The average molecular weight is 358 g/mol. The number of anilines is 2. The SMILES string of the molecule is COc1cc(Cl)c(C)cc1NC(=O)C(C)Nc1ccc(CC#N)cc1. The number of carbonyl (C=O) groups is 1. The van der Waals surface area contributed by atoms with Crippen LogP contribution in [0, 0.1) is 18.3 Å². The zero-order valence-corrected chi connectivity index (χ0v) is 15.1. The highest BCUT2D eigenvalue weighted by molar-refractivity contribution is 6.31. The van der Waals surface area contributed by atoms with Crippen LogP contribution in [0.5, 0.6) is 5.75 Å². The molecule has 0 radical (unpaired) electrons. The van der Waals surface area contributed by atoms with Crippen LogP contribution in [0.1, 0.15) is 18.1 Å². The Balaban J connectivity index is 2.05. The molecule has 5 nitrogen and oxygen atoms in total. The fourth-order valence-corrected chi connectivity index (χ4v) is 2.45. The van der Waals surface area contributed by atoms with Crippen LogP contribution in [0.3, 0.4) is 0 Å². The summed E-state index contributed by atoms with van der Waals surface area (Å²) in [7, 11) is 1.53. The average Bonchev–Trinajstić information content (AvgIpc) is 2.59. The molecule has 0 saturated heterocycles. The zero-order chi connectivity index (χ0) is 18.4. The van der Waals surface area contributed by atoms with Crippen molar-refractivity contribution in [3.05, 3.63) is 52.5 Å². The number of aryl methyl sites for hydroxylation is 1. The van der Waals surface area contributed by atoms with Crippen molar-refractivity contribution in [3.63, 3.8) is 0 Å². The molecule has 25 heavy (non-hydrogen) atoms. The van der Waals surface area contributed by atoms with Gasteiger partial charge in [0.1, 0.15) is 11.8 Å². The Bertz CT molecular complexity index is 798. The first-order valence-electron chi connectivity index (χ1n) is 7.82. The van der Waals surface area contributed by atoms with Crippen LogP contribution in [0.2, 0.25) is 5.02 Å². The van der Waals surface area contributed by atoms with E-state index in [4.69, 9.17) is 21.6 Å². The number of benzene rings is 2. The van der Waals surface area contributed by atoms with E-state index in [1.807, 2.05) is 31.2 Å². The van der Waals surface area contributed by atoms with E-state index in [0.29, 0.717) is 22.9 Å². The van der Waals surface area contributed by atoms with Gasteiger partial charge in [0.05, 0.1) is 25.3 Å². The summed E-state index contributed by atoms with van der Waals surface area (Å²) in [4.78, 5) is 12.4. The molecule has 0 aliphatic rings. The molecular formula is C19H20ClN3O2. The monoisotopic (exact) mass is 357 g/mol. The van der Waals surface area contributed by atoms with Gasteiger partial charge in [-0.2, -0.15) is 5.26 Å². The van der Waals surface area contributed by atoms with E-state index in [0.717, 1.165) is 16.8 Å². The maximum absolute atomic E-state index is 12.4. The van der Waals surface area contributed by atoms with Gasteiger partial charge >= 0.3 is 0 Å². The first-order valence-corrected chi connectivity index (χ1v) is 8.19. The lowest BCUT2D eigenvalue weighted by atomic mass is 10.1. The lowest BCUT2D eigenvalue weighted by Crippen LogP contribution is -2.32. The van der Waals surface area contributed by atoms with E-state index >= 15 is 0 Å². The van der Waals surface area contributed by atoms with E-state index in [2.05, 4.69) is 16.7 Å². The summed E-state index contributed by atoms with van der Waals surface area (Å²) >= 11 is 6.08. The van der Waals surface area contributed by atoms with E-state index < -0.39 is 6.04 Å². The fraction of sp³-hybridized carbons (Fsp3) is 0.263. The van der Waals surface area contributed by atoms with Gasteiger partial charge in [0.15, 0.2) is 0 Å². The van der Waals surface area contributed by atoms with Gasteiger partial charge in [0, 0.05) is 16.8 Å². The van der Waals surface area contributed by atoms with Crippen LogP contribution in [-0.4, -0.2) is 19.1 Å². The molecule has 1 unspecified atom stereocenters. The van der Waals surface area contributed by atoms with Gasteiger partial charge in [0.2, 0.25) is 5.91 Å². The summed E-state index contributed by atoms with van der Waals surface area (Å²) in [5, 5.41) is 15.3. The van der Waals surface area contributed by atoms with Gasteiger partial charge in [-0.15, -0.1) is 0 Å². The van der Waals surface area contributed by atoms with Gasteiger partial charge in [-0.3, -0.25) is 4.79 Å². The maximum atomic E-state index is 12.4. The van der Waals surface area contributed by atoms with E-state index in [-0.39, 0.29) is 5.91 Å². The standard InChI is InChI=1S/C19H20ClN3O2/c1-12-10-17(18(25-3)11-16(12)20)23-19(24)13(2)22-15-6-4-14(5-7-15)8-9-21/h4-7,10-11,13,22H,8H2,1-3H3,(H,23,24). The second-order valence-corrected chi connectivity index (χ2v) is 6.10. The summed E-state index contributed by atoms with van der Waals surface area (Å²) in [5.41, 5.74) is 3.18. The molecule has 0 bridgehead atoms. The van der Waals surface area contributed by atoms with Crippen LogP contribution in [0.25, 0.3) is 0 Å². The Labute approximate surface area is 152 Å². The highest BCUT2D eigenvalue weighted by Crippen LogP contribution is 2.31. The second kappa shape index (κ2) is 8.41. The maximum Gasteiger partial charge on any atom is 0.246 e. The number of hydrogen-bond donors (Lipinski definition) is 2. The summed E-state index contributed by atoms with van der Waals surface area (Å²) in [6, 6.07) is 12.5. The summed E-state index contributed by atoms with van der Waals surface area (Å²) < 4.78 is 5.27. The Kier molecular flexibility index (Phi) is 6.26. The molecule has 0 aliphatic carbocycles. The molecule has 2 aromatic carbocycles. The van der Waals surface area contributed by atoms with E-state index in [1.165, 1.54) is 7.11 Å². The van der Waals surface area contributed by atoms with Gasteiger partial charge < -0.3 is 15.4 Å². The molecule has 2 aromatic rings. The van der Waals surface area contributed by atoms with Crippen molar-refractivity contribution in [2.75, 3.05) is 17.7 Å². The number of nitrogens with one attached hydrogen (secondary N) is 2. The molecule has 0 saturated carbocycles. The predicted molar refractivity (Wildman–Crippen MR) is 100 cm³/mol. The number of nitriles is 1. The third kappa shape index (κ3) is 4.88. The largest absolute Gasteiger partial charge is 0.495 e. The molecule has 6 heteroatoms. The molecule has 1 amide bonds. The number of nitrogens with zero attached hydrogens (tertiary/aromatic N) is 1. The van der Waals surface area contributed by atoms with Crippen LogP contribution >= 0.6 is 11.6 Å². The minimum Gasteiger partial charge on any atom is -0.495 e. The fourth-order valence-electron chi connectivity index (χ4n) is 2.30. The third-order valence-corrected chi connectivity index (χ3v) is 4.16. The number of amides is 1. The molecule has 2 N–H and O–H groups in total. The lowest BCUT2D eigenvalue weighted by molar-refractivity contribution is -0.116. The molecule has 0 fully saturated rings. The van der Waals surface area contributed by atoms with Crippen molar-refractivity contribution in [2.24, 2.45) is 0 Å². The van der Waals surface area contributed by atoms with Gasteiger partial charge in [-0.25, -0.2) is 0 Å². The Hall–Kier alpha value is -2.71. The second-order valence-electron chi connectivity index (χ2n) is 5.69. The molecule has 0 aromatic heterocycles. The highest BCUT2D eigenvalue weighted by atomic mass is 35.5. The molecule has 0 aliphatic heterocycles. The normalized spacial score (nSPS) is 11.3. The smallest absolute Gasteiger partial charge is 0.246 e. The number of hydrogen-bond acceptors (Lipinski definition) is 4. The van der Waals surface area contributed by atoms with Gasteiger partial charge in [-0.05, 0) is 43.2 Å². The molecule has 0 spiro atoms. The topological polar surface area (TPSA) is 74.2 Å². The number of methoxy groups -OCH3 is 1. The summed E-state index contributed by atoms with van der Waals surface area (Å²) in [6.07, 6.45) is 0.367. The molecule has 130 valence electrons. The van der Waals surface area contributed by atoms with E-state index in [1.54, 1.807) is 19.1 Å². The Morgan fingerprint density at radius 2 is 2.00 bits per heavy atom. The van der Waals surface area contributed by atoms with Crippen molar-refractivity contribution in [2.45, 2.75) is 26.3 Å². The lowest BCUT2D eigenvalue weighted by Gasteiger charge is -2.17. The Morgan fingerprint density at radius 1 is 1.32 bits per heavy atom. The van der Waals surface area contributed by atoms with Gasteiger partial charge in [-0.1, -0.05) is 23.7 Å². The van der Waals surface area contributed by atoms with Crippen molar-refractivity contribution in [1.82, 2.24) is 0 Å². The quantitative estimate of drug-likeness (QED) is 0.814. The van der Waals surface area contributed by atoms with Crippen molar-refractivity contribution in [3.8, 4) is 11.8 Å². The van der Waals surface area contributed by atoms with Crippen molar-refractivity contribution in [1.29, 1.82) is 5.26 Å². The van der Waals surface area contributed by atoms with Crippen LogP contribution in [0.15, 0.2) is 36.4 Å². The van der Waals surface area contributed by atoms with Crippen molar-refractivity contribution >= 4 is 28.9 Å². The number of ether oxygens (including phenoxy) is 1. The third-order valence-electron chi connectivity index (χ3n) is 3.75. The summed E-state index contributed by atoms with van der Waals surface area (Å²) in [6.45, 7) is 3.63. The first-order chi connectivity index (χ1) is 11.9. The van der Waals surface area contributed by atoms with Crippen LogP contribution in [-0.2, 0) is 11.2 Å². The van der Waals surface area contributed by atoms with Gasteiger partial charge in [0.25, 0.3) is 0 Å². The molecule has 1 atom stereocenters. The minimum atomic E-state index is -0.456. The number of carbonyl (C=O) groups excluding carboxylic acids is 1. The number of rotatable bonds is 6. The highest BCUT2D eigenvalue weighted by Gasteiger charge is 2.16. The first kappa shape index (κ1) is 18.6. The van der Waals surface area contributed by atoms with Crippen molar-refractivity contribution < 1.29 is 9.53 Å². The molecular weight excluding hydrogens is 338 g/mol. The van der Waals surface area contributed by atoms with E-state index in [9.17, 15) is 4.79 Å². The predicted octanol–water partition coefficient (Wildman–Crippen LogP) is 4.16. The molecule has 0 heterocycles. The number of halogens is 1. The Morgan fingerprint density at radius 3 is 2.60 bits per heavy atom. The minimum absolute atomic E-state index is 0.193. The zero-order valence-electron chi connectivity index (χ0n) is 14.4. The summed E-state index contributed by atoms with van der Waals surface area (Å²) in [5.74, 6) is 0.318. The van der Waals surface area contributed by atoms with Crippen LogP contribution < -0.4 is 15.4 Å². The molecule has 2 rings (SSSR count). The van der Waals surface area contributed by atoms with Crippen LogP contribution in [0.4, 0.5) is 11.4 Å².